The van der Waals surface area contributed by atoms with Gasteiger partial charge >= 0.3 is 5.97 Å². The zero-order chi connectivity index (χ0) is 8.97. The number of carbonyl (C=O) groups is 1. The van der Waals surface area contributed by atoms with Crippen LogP contribution in [0.1, 0.15) is 19.0 Å². The zero-order valence-electron chi connectivity index (χ0n) is 7.36. The van der Waals surface area contributed by atoms with Crippen LogP contribution in [-0.2, 0) is 11.2 Å². The van der Waals surface area contributed by atoms with Gasteiger partial charge in [0, 0.05) is 18.3 Å². The highest BCUT2D eigenvalue weighted by Crippen LogP contribution is 2.08. The third-order valence-corrected chi connectivity index (χ3v) is 1.65. The van der Waals surface area contributed by atoms with Gasteiger partial charge in [-0.3, -0.25) is 4.79 Å². The maximum atomic E-state index is 10.3. The Labute approximate surface area is 82.8 Å². The van der Waals surface area contributed by atoms with Crippen LogP contribution in [0.15, 0.2) is 12.5 Å². The molecule has 0 spiro atoms. The summed E-state index contributed by atoms with van der Waals surface area (Å²) in [7, 11) is 0. The van der Waals surface area contributed by atoms with Gasteiger partial charge in [0.25, 0.3) is 0 Å². The third kappa shape index (κ3) is 4.52. The summed E-state index contributed by atoms with van der Waals surface area (Å²) < 4.78 is 0. The van der Waals surface area contributed by atoms with Crippen molar-refractivity contribution in [3.05, 3.63) is 18.2 Å². The molecule has 2 N–H and O–H groups in total. The summed E-state index contributed by atoms with van der Waals surface area (Å²) in [6, 6.07) is 0. The first-order valence-electron chi connectivity index (χ1n) is 3.87. The number of hydrogen-bond acceptors (Lipinski definition) is 2. The molecule has 0 fully saturated rings. The van der Waals surface area contributed by atoms with E-state index in [1.165, 1.54) is 0 Å². The number of halogens is 1. The Balaban J connectivity index is 0.00000144. The predicted octanol–water partition coefficient (Wildman–Crippen LogP) is 1.48. The average Bonchev–Trinajstić information content (AvgIpc) is 2.37. The maximum absolute atomic E-state index is 10.3. The van der Waals surface area contributed by atoms with E-state index in [-0.39, 0.29) is 24.7 Å². The minimum absolute atomic E-state index is 0. The van der Waals surface area contributed by atoms with Crippen molar-refractivity contribution in [1.29, 1.82) is 0 Å². The highest BCUT2D eigenvalue weighted by Gasteiger charge is 2.08. The fourth-order valence-electron chi connectivity index (χ4n) is 1.14. The van der Waals surface area contributed by atoms with E-state index < -0.39 is 5.97 Å². The molecule has 5 heteroatoms. The van der Waals surface area contributed by atoms with Gasteiger partial charge < -0.3 is 10.1 Å². The van der Waals surface area contributed by atoms with E-state index in [0.717, 1.165) is 12.1 Å². The quantitative estimate of drug-likeness (QED) is 0.781. The topological polar surface area (TPSA) is 66.0 Å². The fourth-order valence-corrected chi connectivity index (χ4v) is 1.14. The SMILES string of the molecule is CC(CC(=O)O)Cc1cnc[nH]1.Cl. The second kappa shape index (κ2) is 5.59. The fraction of sp³-hybridized carbons (Fsp3) is 0.500. The zero-order valence-corrected chi connectivity index (χ0v) is 8.17. The molecule has 0 aliphatic rings. The van der Waals surface area contributed by atoms with Crippen molar-refractivity contribution in [3.8, 4) is 0 Å². The first kappa shape index (κ1) is 12.0. The lowest BCUT2D eigenvalue weighted by atomic mass is 10.0. The molecule has 0 radical (unpaired) electrons. The molecule has 0 saturated carbocycles. The van der Waals surface area contributed by atoms with Gasteiger partial charge in [0.2, 0.25) is 0 Å². The number of H-pyrrole nitrogens is 1. The summed E-state index contributed by atoms with van der Waals surface area (Å²) in [5, 5.41) is 8.49. The molecule has 4 nitrogen and oxygen atoms in total. The Morgan fingerprint density at radius 2 is 2.46 bits per heavy atom. The van der Waals surface area contributed by atoms with Gasteiger partial charge in [-0.25, -0.2) is 4.98 Å². The van der Waals surface area contributed by atoms with Crippen LogP contribution in [0, 0.1) is 5.92 Å². The van der Waals surface area contributed by atoms with Crippen LogP contribution in [0.3, 0.4) is 0 Å². The van der Waals surface area contributed by atoms with Crippen LogP contribution in [0.5, 0.6) is 0 Å². The van der Waals surface area contributed by atoms with Crippen molar-refractivity contribution in [2.24, 2.45) is 5.92 Å². The molecule has 13 heavy (non-hydrogen) atoms. The normalized spacial score (nSPS) is 11.8. The smallest absolute Gasteiger partial charge is 0.303 e. The number of carboxylic acids is 1. The summed E-state index contributed by atoms with van der Waals surface area (Å²) in [5.41, 5.74) is 0.990. The van der Waals surface area contributed by atoms with Gasteiger partial charge in [0.1, 0.15) is 0 Å². The van der Waals surface area contributed by atoms with E-state index in [2.05, 4.69) is 9.97 Å². The van der Waals surface area contributed by atoms with Crippen LogP contribution in [-0.4, -0.2) is 21.0 Å². The summed E-state index contributed by atoms with van der Waals surface area (Å²) in [6.45, 7) is 1.91. The van der Waals surface area contributed by atoms with E-state index in [0.29, 0.717) is 0 Å². The molecular weight excluding hydrogens is 192 g/mol. The molecule has 1 unspecified atom stereocenters. The van der Waals surface area contributed by atoms with Crippen molar-refractivity contribution < 1.29 is 9.90 Å². The standard InChI is InChI=1S/C8H12N2O2.ClH/c1-6(3-8(11)12)2-7-4-9-5-10-7;/h4-6H,2-3H2,1H3,(H,9,10)(H,11,12);1H. The summed E-state index contributed by atoms with van der Waals surface area (Å²) in [4.78, 5) is 17.1. The van der Waals surface area contributed by atoms with Crippen LogP contribution >= 0.6 is 12.4 Å². The summed E-state index contributed by atoms with van der Waals surface area (Å²) >= 11 is 0. The molecule has 1 heterocycles. The molecule has 0 aromatic carbocycles. The van der Waals surface area contributed by atoms with Crippen molar-refractivity contribution in [2.45, 2.75) is 19.8 Å². The number of carboxylic acid groups (broad SMARTS) is 1. The van der Waals surface area contributed by atoms with E-state index in [1.807, 2.05) is 6.92 Å². The number of aromatic nitrogens is 2. The van der Waals surface area contributed by atoms with E-state index >= 15 is 0 Å². The number of hydrogen-bond donors (Lipinski definition) is 2. The van der Waals surface area contributed by atoms with Crippen LogP contribution in [0.4, 0.5) is 0 Å². The molecule has 1 aromatic rings. The van der Waals surface area contributed by atoms with Crippen molar-refractivity contribution >= 4 is 18.4 Å². The van der Waals surface area contributed by atoms with Crippen molar-refractivity contribution in [1.82, 2.24) is 9.97 Å². The Bertz CT molecular complexity index is 249. The molecule has 0 aliphatic carbocycles. The summed E-state index contributed by atoms with van der Waals surface area (Å²) in [5.74, 6) is -0.593. The first-order chi connectivity index (χ1) is 5.68. The Morgan fingerprint density at radius 1 is 1.77 bits per heavy atom. The highest BCUT2D eigenvalue weighted by atomic mass is 35.5. The minimum Gasteiger partial charge on any atom is -0.481 e. The first-order valence-corrected chi connectivity index (χ1v) is 3.87. The van der Waals surface area contributed by atoms with Gasteiger partial charge in [-0.2, -0.15) is 0 Å². The molecule has 0 saturated heterocycles. The van der Waals surface area contributed by atoms with Gasteiger partial charge in [0.05, 0.1) is 6.33 Å². The van der Waals surface area contributed by atoms with Gasteiger partial charge in [-0.1, -0.05) is 6.92 Å². The maximum Gasteiger partial charge on any atom is 0.303 e. The van der Waals surface area contributed by atoms with Crippen LogP contribution < -0.4 is 0 Å². The molecule has 0 bridgehead atoms. The number of aliphatic carboxylic acids is 1. The van der Waals surface area contributed by atoms with Crippen LogP contribution in [0.25, 0.3) is 0 Å². The van der Waals surface area contributed by atoms with E-state index in [4.69, 9.17) is 5.11 Å². The minimum atomic E-state index is -0.748. The molecule has 1 atom stereocenters. The monoisotopic (exact) mass is 204 g/mol. The van der Waals surface area contributed by atoms with Gasteiger partial charge in [-0.05, 0) is 12.3 Å². The Kier molecular flexibility index (Phi) is 5.14. The van der Waals surface area contributed by atoms with E-state index in [9.17, 15) is 4.79 Å². The molecule has 1 rings (SSSR count). The molecule has 1 aromatic heterocycles. The van der Waals surface area contributed by atoms with Crippen LogP contribution in [0.2, 0.25) is 0 Å². The second-order valence-electron chi connectivity index (χ2n) is 2.98. The number of aromatic amines is 1. The van der Waals surface area contributed by atoms with Crippen molar-refractivity contribution in [3.63, 3.8) is 0 Å². The third-order valence-electron chi connectivity index (χ3n) is 1.65. The Hall–Kier alpha value is -1.03. The average molecular weight is 205 g/mol. The number of nitrogens with zero attached hydrogens (tertiary/aromatic N) is 1. The molecular formula is C8H13ClN2O2. The summed E-state index contributed by atoms with van der Waals surface area (Å²) in [6.07, 6.45) is 4.27. The molecule has 0 amide bonds. The largest absolute Gasteiger partial charge is 0.481 e. The second-order valence-corrected chi connectivity index (χ2v) is 2.98. The Morgan fingerprint density at radius 3 is 2.92 bits per heavy atom. The van der Waals surface area contributed by atoms with Gasteiger partial charge in [-0.15, -0.1) is 12.4 Å². The van der Waals surface area contributed by atoms with Crippen molar-refractivity contribution in [2.75, 3.05) is 0 Å². The molecule has 0 aliphatic heterocycles. The predicted molar refractivity (Wildman–Crippen MR) is 51.0 cm³/mol. The number of imidazole rings is 1. The van der Waals surface area contributed by atoms with E-state index in [1.54, 1.807) is 12.5 Å². The lowest BCUT2D eigenvalue weighted by Gasteiger charge is -2.05. The van der Waals surface area contributed by atoms with Gasteiger partial charge in [0.15, 0.2) is 0 Å². The lowest BCUT2D eigenvalue weighted by Crippen LogP contribution is -2.07. The lowest BCUT2D eigenvalue weighted by molar-refractivity contribution is -0.137. The molecule has 74 valence electrons. The number of nitrogens with one attached hydrogen (secondary N) is 1. The highest BCUT2D eigenvalue weighted by molar-refractivity contribution is 5.85. The number of rotatable bonds is 4.